The minimum atomic E-state index is -4.99. The van der Waals surface area contributed by atoms with Crippen LogP contribution < -0.4 is 4.90 Å². The third kappa shape index (κ3) is 4.44. The number of sulfonamides is 1. The van der Waals surface area contributed by atoms with Gasteiger partial charge in [0.1, 0.15) is 5.82 Å². The number of piperazine rings is 1. The van der Waals surface area contributed by atoms with E-state index < -0.39 is 32.5 Å². The molecule has 6 nitrogen and oxygen atoms in total. The molecule has 0 spiro atoms. The minimum absolute atomic E-state index is 0.0448. The first-order valence-corrected chi connectivity index (χ1v) is 11.1. The molecule has 1 aromatic heterocycles. The molecule has 2 aromatic carbocycles. The van der Waals surface area contributed by atoms with Crippen LogP contribution in [0.2, 0.25) is 0 Å². The second-order valence-corrected chi connectivity index (χ2v) is 9.11. The fraction of sp³-hybridized carbons (Fsp3) is 0.238. The summed E-state index contributed by atoms with van der Waals surface area (Å²) in [4.78, 5) is 1.26. The van der Waals surface area contributed by atoms with Gasteiger partial charge in [-0.2, -0.15) is 17.5 Å². The first kappa shape index (κ1) is 22.2. The summed E-state index contributed by atoms with van der Waals surface area (Å²) in [5, 5.41) is 8.43. The van der Waals surface area contributed by atoms with E-state index in [0.717, 1.165) is 15.9 Å². The van der Waals surface area contributed by atoms with Crippen molar-refractivity contribution >= 4 is 15.8 Å². The predicted molar refractivity (Wildman–Crippen MR) is 110 cm³/mol. The summed E-state index contributed by atoms with van der Waals surface area (Å²) in [5.74, 6) is -0.943. The van der Waals surface area contributed by atoms with Crippen LogP contribution in [0.25, 0.3) is 11.3 Å². The molecule has 0 bridgehead atoms. The highest BCUT2D eigenvalue weighted by molar-refractivity contribution is 7.89. The van der Waals surface area contributed by atoms with Gasteiger partial charge in [0.25, 0.3) is 0 Å². The van der Waals surface area contributed by atoms with E-state index in [-0.39, 0.29) is 26.2 Å². The Labute approximate surface area is 182 Å². The zero-order chi connectivity index (χ0) is 22.9. The Hall–Kier alpha value is -3.05. The number of alkyl halides is 3. The number of rotatable bonds is 4. The molecule has 0 saturated carbocycles. The molecule has 1 saturated heterocycles. The van der Waals surface area contributed by atoms with Crippen LogP contribution in [0.4, 0.5) is 23.4 Å². The summed E-state index contributed by atoms with van der Waals surface area (Å²) in [5.41, 5.74) is 0.0123. The van der Waals surface area contributed by atoms with Gasteiger partial charge >= 0.3 is 6.18 Å². The molecule has 1 aliphatic heterocycles. The van der Waals surface area contributed by atoms with Gasteiger partial charge in [-0.3, -0.25) is 0 Å². The maximum absolute atomic E-state index is 13.5. The van der Waals surface area contributed by atoms with E-state index in [4.69, 9.17) is 0 Å². The van der Waals surface area contributed by atoms with Gasteiger partial charge < -0.3 is 4.90 Å². The van der Waals surface area contributed by atoms with E-state index in [1.165, 1.54) is 0 Å². The second-order valence-electron chi connectivity index (χ2n) is 7.17. The Morgan fingerprint density at radius 3 is 2.12 bits per heavy atom. The molecule has 3 aromatic rings. The van der Waals surface area contributed by atoms with Crippen LogP contribution in [0.1, 0.15) is 5.56 Å². The van der Waals surface area contributed by atoms with E-state index >= 15 is 0 Å². The lowest BCUT2D eigenvalue weighted by atomic mass is 10.1. The molecule has 168 valence electrons. The molecule has 0 unspecified atom stereocenters. The summed E-state index contributed by atoms with van der Waals surface area (Å²) < 4.78 is 79.1. The van der Waals surface area contributed by atoms with Crippen LogP contribution in [0.3, 0.4) is 0 Å². The molecule has 4 rings (SSSR count). The van der Waals surface area contributed by atoms with Gasteiger partial charge in [0.15, 0.2) is 5.82 Å². The number of nitrogens with zero attached hydrogens (tertiary/aromatic N) is 4. The normalized spacial score (nSPS) is 15.7. The van der Waals surface area contributed by atoms with E-state index in [1.807, 2.05) is 41.3 Å². The Balaban J connectivity index is 1.46. The highest BCUT2D eigenvalue weighted by Gasteiger charge is 2.37. The van der Waals surface area contributed by atoms with E-state index in [1.54, 1.807) is 6.07 Å². The summed E-state index contributed by atoms with van der Waals surface area (Å²) in [6.45, 7) is 0.657. The first-order valence-electron chi connectivity index (χ1n) is 9.67. The molecule has 0 N–H and O–H groups in total. The minimum Gasteiger partial charge on any atom is -0.352 e. The maximum atomic E-state index is 13.5. The summed E-state index contributed by atoms with van der Waals surface area (Å²) in [6, 6.07) is 14.8. The van der Waals surface area contributed by atoms with E-state index in [0.29, 0.717) is 23.6 Å². The fourth-order valence-corrected chi connectivity index (χ4v) is 4.89. The van der Waals surface area contributed by atoms with Gasteiger partial charge in [-0.15, -0.1) is 10.2 Å². The summed E-state index contributed by atoms with van der Waals surface area (Å²) >= 11 is 0. The quantitative estimate of drug-likeness (QED) is 0.547. The second kappa shape index (κ2) is 8.47. The van der Waals surface area contributed by atoms with Crippen molar-refractivity contribution in [1.82, 2.24) is 14.5 Å². The van der Waals surface area contributed by atoms with Crippen LogP contribution in [0.5, 0.6) is 0 Å². The standard InChI is InChI=1S/C21H18F4N4O2S/c22-18-7-6-16(14-17(18)21(23,24)25)32(30,31)29-12-10-28(11-13-29)20-9-8-19(26-27-20)15-4-2-1-3-5-15/h1-9,14H,10-13H2. The summed E-state index contributed by atoms with van der Waals surface area (Å²) in [7, 11) is -4.21. The zero-order valence-electron chi connectivity index (χ0n) is 16.6. The van der Waals surface area contributed by atoms with Gasteiger partial charge in [-0.25, -0.2) is 12.8 Å². The highest BCUT2D eigenvalue weighted by Crippen LogP contribution is 2.33. The molecule has 2 heterocycles. The molecule has 1 aliphatic rings. The third-order valence-corrected chi connectivity index (χ3v) is 7.06. The topological polar surface area (TPSA) is 66.4 Å². The first-order chi connectivity index (χ1) is 15.2. The number of halogens is 4. The van der Waals surface area contributed by atoms with E-state index in [9.17, 15) is 26.0 Å². The molecule has 0 atom stereocenters. The van der Waals surface area contributed by atoms with Crippen molar-refractivity contribution in [3.8, 4) is 11.3 Å². The average Bonchev–Trinajstić information content (AvgIpc) is 2.79. The monoisotopic (exact) mass is 466 g/mol. The maximum Gasteiger partial charge on any atom is 0.419 e. The average molecular weight is 466 g/mol. The summed E-state index contributed by atoms with van der Waals surface area (Å²) in [6.07, 6.45) is -4.99. The van der Waals surface area contributed by atoms with Gasteiger partial charge in [-0.05, 0) is 30.3 Å². The number of aromatic nitrogens is 2. The van der Waals surface area contributed by atoms with Crippen molar-refractivity contribution in [2.24, 2.45) is 0 Å². The largest absolute Gasteiger partial charge is 0.419 e. The predicted octanol–water partition coefficient (Wildman–Crippen LogP) is 3.81. The van der Waals surface area contributed by atoms with Crippen LogP contribution in [0.15, 0.2) is 65.6 Å². The Morgan fingerprint density at radius 1 is 0.844 bits per heavy atom. The van der Waals surface area contributed by atoms with Crippen LogP contribution in [-0.4, -0.2) is 49.1 Å². The molecule has 0 amide bonds. The van der Waals surface area contributed by atoms with Crippen molar-refractivity contribution in [1.29, 1.82) is 0 Å². The van der Waals surface area contributed by atoms with Gasteiger partial charge in [0, 0.05) is 31.7 Å². The number of benzene rings is 2. The fourth-order valence-electron chi connectivity index (χ4n) is 3.45. The Kier molecular flexibility index (Phi) is 5.87. The Bertz CT molecular complexity index is 1190. The van der Waals surface area contributed by atoms with Crippen molar-refractivity contribution in [2.45, 2.75) is 11.1 Å². The van der Waals surface area contributed by atoms with Crippen molar-refractivity contribution in [2.75, 3.05) is 31.1 Å². The van der Waals surface area contributed by atoms with Crippen LogP contribution in [-0.2, 0) is 16.2 Å². The molecule has 11 heteroatoms. The Morgan fingerprint density at radius 2 is 1.53 bits per heavy atom. The molecule has 32 heavy (non-hydrogen) atoms. The number of anilines is 1. The van der Waals surface area contributed by atoms with Crippen LogP contribution in [0, 0.1) is 5.82 Å². The van der Waals surface area contributed by atoms with Crippen LogP contribution >= 0.6 is 0 Å². The molecular formula is C21H18F4N4O2S. The molecule has 0 aliphatic carbocycles. The van der Waals surface area contributed by atoms with Gasteiger partial charge in [0.05, 0.1) is 16.2 Å². The van der Waals surface area contributed by atoms with Gasteiger partial charge in [-0.1, -0.05) is 30.3 Å². The van der Waals surface area contributed by atoms with Crippen molar-refractivity contribution < 1.29 is 26.0 Å². The smallest absolute Gasteiger partial charge is 0.352 e. The molecular weight excluding hydrogens is 448 g/mol. The number of hydrogen-bond donors (Lipinski definition) is 0. The lowest BCUT2D eigenvalue weighted by Gasteiger charge is -2.34. The number of hydrogen-bond acceptors (Lipinski definition) is 5. The zero-order valence-corrected chi connectivity index (χ0v) is 17.4. The molecule has 0 radical (unpaired) electrons. The van der Waals surface area contributed by atoms with Gasteiger partial charge in [0.2, 0.25) is 10.0 Å². The lowest BCUT2D eigenvalue weighted by molar-refractivity contribution is -0.140. The SMILES string of the molecule is O=S(=O)(c1ccc(F)c(C(F)(F)F)c1)N1CCN(c2ccc(-c3ccccc3)nn2)CC1. The third-order valence-electron chi connectivity index (χ3n) is 5.16. The highest BCUT2D eigenvalue weighted by atomic mass is 32.2. The van der Waals surface area contributed by atoms with Crippen molar-refractivity contribution in [3.05, 3.63) is 72.0 Å². The van der Waals surface area contributed by atoms with E-state index in [2.05, 4.69) is 10.2 Å². The lowest BCUT2D eigenvalue weighted by Crippen LogP contribution is -2.49. The molecule has 1 fully saturated rings. The van der Waals surface area contributed by atoms with Crippen molar-refractivity contribution in [3.63, 3.8) is 0 Å².